The molecule has 1 atom stereocenters. The number of unbranched alkanes of at least 4 members (excludes halogenated alkanes) is 12. The van der Waals surface area contributed by atoms with Crippen molar-refractivity contribution < 1.29 is 5.11 Å². The Balaban J connectivity index is 2.16. The van der Waals surface area contributed by atoms with E-state index >= 15 is 0 Å². The molecule has 0 aromatic carbocycles. The van der Waals surface area contributed by atoms with Gasteiger partial charge >= 0.3 is 0 Å². The lowest BCUT2D eigenvalue weighted by molar-refractivity contribution is 0.194. The fraction of sp³-hybridized carbons (Fsp3) is 0.773. The molecule has 0 radical (unpaired) electrons. The van der Waals surface area contributed by atoms with Crippen molar-refractivity contribution >= 4 is 0 Å². The number of hydrogen-bond donors (Lipinski definition) is 1. The Morgan fingerprint density at radius 2 is 1.33 bits per heavy atom. The minimum atomic E-state index is -0.834. The molecule has 1 heterocycles. The Bertz CT molecular complexity index is 607. The van der Waals surface area contributed by atoms with Crippen LogP contribution in [0, 0.1) is 22.7 Å². The molecule has 0 saturated heterocycles. The van der Waals surface area contributed by atoms with Gasteiger partial charge in [0, 0.05) is 6.54 Å². The summed E-state index contributed by atoms with van der Waals surface area (Å²) in [6, 6.07) is 4.12. The maximum atomic E-state index is 9.72. The molecule has 0 aliphatic rings. The third-order valence-corrected chi connectivity index (χ3v) is 5.08. The van der Waals surface area contributed by atoms with Crippen LogP contribution in [0.3, 0.4) is 0 Å². The predicted octanol–water partition coefficient (Wildman–Crippen LogP) is 5.77. The molecule has 27 heavy (non-hydrogen) atoms. The lowest BCUT2D eigenvalue weighted by Crippen LogP contribution is -2.05. The molecule has 0 aliphatic heterocycles. The molecule has 0 saturated carbocycles. The van der Waals surface area contributed by atoms with Crippen LogP contribution in [-0.4, -0.2) is 14.7 Å². The number of hydrogen-bond acceptors (Lipinski definition) is 4. The maximum absolute atomic E-state index is 9.72. The first kappa shape index (κ1) is 23.2. The SMILES string of the molecule is CCCCCCCCCCCCCCCn1c(C#N)nc(C(C)O)c1C#N. The summed E-state index contributed by atoms with van der Waals surface area (Å²) in [6.07, 6.45) is 15.9. The Morgan fingerprint density at radius 1 is 0.852 bits per heavy atom. The molecular weight excluding hydrogens is 336 g/mol. The van der Waals surface area contributed by atoms with Crippen molar-refractivity contribution in [2.45, 2.75) is 110 Å². The van der Waals surface area contributed by atoms with Crippen molar-refractivity contribution in [2.24, 2.45) is 0 Å². The Kier molecular flexibility index (Phi) is 12.2. The highest BCUT2D eigenvalue weighted by Crippen LogP contribution is 2.19. The summed E-state index contributed by atoms with van der Waals surface area (Å²) in [4.78, 5) is 4.11. The minimum absolute atomic E-state index is 0.224. The normalized spacial score (nSPS) is 11.9. The van der Waals surface area contributed by atoms with Crippen LogP contribution >= 0.6 is 0 Å². The predicted molar refractivity (Wildman–Crippen MR) is 108 cm³/mol. The molecule has 1 rings (SSSR count). The van der Waals surface area contributed by atoms with Crippen LogP contribution in [0.4, 0.5) is 0 Å². The van der Waals surface area contributed by atoms with Gasteiger partial charge in [0.2, 0.25) is 5.82 Å². The maximum Gasteiger partial charge on any atom is 0.214 e. The van der Waals surface area contributed by atoms with E-state index in [1.807, 2.05) is 6.07 Å². The zero-order valence-corrected chi connectivity index (χ0v) is 17.2. The Hall–Kier alpha value is -1.85. The van der Waals surface area contributed by atoms with Crippen LogP contribution in [0.1, 0.15) is 121 Å². The fourth-order valence-electron chi connectivity index (χ4n) is 3.47. The van der Waals surface area contributed by atoms with Gasteiger partial charge in [-0.15, -0.1) is 0 Å². The topological polar surface area (TPSA) is 85.6 Å². The number of aliphatic hydroxyl groups excluding tert-OH is 1. The van der Waals surface area contributed by atoms with E-state index in [1.54, 1.807) is 11.5 Å². The van der Waals surface area contributed by atoms with E-state index in [1.165, 1.54) is 70.6 Å². The van der Waals surface area contributed by atoms with Gasteiger partial charge in [0.25, 0.3) is 0 Å². The van der Waals surface area contributed by atoms with E-state index < -0.39 is 6.10 Å². The van der Waals surface area contributed by atoms with Crippen molar-refractivity contribution in [1.29, 1.82) is 10.5 Å². The lowest BCUT2D eigenvalue weighted by atomic mass is 10.0. The monoisotopic (exact) mass is 372 g/mol. The van der Waals surface area contributed by atoms with Gasteiger partial charge in [0.05, 0.1) is 6.10 Å². The number of nitriles is 2. The van der Waals surface area contributed by atoms with Crippen LogP contribution in [0.15, 0.2) is 0 Å². The van der Waals surface area contributed by atoms with Crippen LogP contribution in [0.25, 0.3) is 0 Å². The van der Waals surface area contributed by atoms with E-state index in [2.05, 4.69) is 18.0 Å². The van der Waals surface area contributed by atoms with E-state index in [9.17, 15) is 15.6 Å². The van der Waals surface area contributed by atoms with Crippen LogP contribution < -0.4 is 0 Å². The second-order valence-corrected chi connectivity index (χ2v) is 7.46. The van der Waals surface area contributed by atoms with E-state index in [4.69, 9.17) is 0 Å². The number of aromatic nitrogens is 2. The Morgan fingerprint density at radius 3 is 1.74 bits per heavy atom. The molecule has 0 fully saturated rings. The van der Waals surface area contributed by atoms with Gasteiger partial charge < -0.3 is 9.67 Å². The second-order valence-electron chi connectivity index (χ2n) is 7.46. The number of imidazole rings is 1. The lowest BCUT2D eigenvalue weighted by Gasteiger charge is -2.06. The van der Waals surface area contributed by atoms with Crippen LogP contribution in [-0.2, 0) is 6.54 Å². The van der Waals surface area contributed by atoms with Gasteiger partial charge in [0.1, 0.15) is 23.5 Å². The molecule has 150 valence electrons. The molecule has 1 aromatic rings. The average molecular weight is 373 g/mol. The molecule has 0 spiro atoms. The summed E-state index contributed by atoms with van der Waals surface area (Å²) in [5, 5.41) is 28.3. The first-order valence-corrected chi connectivity index (χ1v) is 10.7. The standard InChI is InChI=1S/C22H36N4O/c1-3-4-5-6-7-8-9-10-11-12-13-14-15-16-26-20(17-23)22(19(2)27)25-21(26)18-24/h19,27H,3-16H2,1-2H3. The van der Waals surface area contributed by atoms with Crippen LogP contribution in [0.2, 0.25) is 0 Å². The smallest absolute Gasteiger partial charge is 0.214 e. The minimum Gasteiger partial charge on any atom is -0.387 e. The van der Waals surface area contributed by atoms with E-state index in [-0.39, 0.29) is 5.82 Å². The number of nitrogens with zero attached hydrogens (tertiary/aromatic N) is 4. The first-order chi connectivity index (χ1) is 13.2. The fourth-order valence-corrected chi connectivity index (χ4v) is 3.47. The highest BCUT2D eigenvalue weighted by atomic mass is 16.3. The molecule has 1 aromatic heterocycles. The van der Waals surface area contributed by atoms with Gasteiger partial charge in [-0.2, -0.15) is 10.5 Å². The van der Waals surface area contributed by atoms with Crippen molar-refractivity contribution in [3.05, 3.63) is 17.2 Å². The van der Waals surface area contributed by atoms with Gasteiger partial charge in [-0.1, -0.05) is 84.0 Å². The molecule has 0 bridgehead atoms. The summed E-state index contributed by atoms with van der Waals surface area (Å²) < 4.78 is 1.65. The summed E-state index contributed by atoms with van der Waals surface area (Å²) in [7, 11) is 0. The molecule has 5 heteroatoms. The first-order valence-electron chi connectivity index (χ1n) is 10.7. The Labute approximate surface area is 165 Å². The number of aliphatic hydroxyl groups is 1. The molecule has 1 unspecified atom stereocenters. The molecule has 0 amide bonds. The summed E-state index contributed by atoms with van der Waals surface area (Å²) in [6.45, 7) is 4.44. The van der Waals surface area contributed by atoms with Crippen LogP contribution in [0.5, 0.6) is 0 Å². The third-order valence-electron chi connectivity index (χ3n) is 5.08. The van der Waals surface area contributed by atoms with Gasteiger partial charge in [-0.3, -0.25) is 0 Å². The molecule has 1 N–H and O–H groups in total. The number of rotatable bonds is 15. The molecular formula is C22H36N4O. The zero-order valence-electron chi connectivity index (χ0n) is 17.2. The van der Waals surface area contributed by atoms with E-state index in [0.717, 1.165) is 12.8 Å². The van der Waals surface area contributed by atoms with Crippen molar-refractivity contribution in [2.75, 3.05) is 0 Å². The summed E-state index contributed by atoms with van der Waals surface area (Å²) in [5.41, 5.74) is 0.629. The largest absolute Gasteiger partial charge is 0.387 e. The zero-order chi connectivity index (χ0) is 19.9. The second kappa shape index (κ2) is 14.2. The van der Waals surface area contributed by atoms with Gasteiger partial charge in [0.15, 0.2) is 0 Å². The summed E-state index contributed by atoms with van der Waals surface area (Å²) in [5.74, 6) is 0.224. The van der Waals surface area contributed by atoms with E-state index in [0.29, 0.717) is 17.9 Å². The quantitative estimate of drug-likeness (QED) is 0.396. The molecule has 0 aliphatic carbocycles. The van der Waals surface area contributed by atoms with Gasteiger partial charge in [-0.25, -0.2) is 4.98 Å². The highest BCUT2D eigenvalue weighted by Gasteiger charge is 2.19. The van der Waals surface area contributed by atoms with Crippen molar-refractivity contribution in [3.8, 4) is 12.1 Å². The summed E-state index contributed by atoms with van der Waals surface area (Å²) >= 11 is 0. The van der Waals surface area contributed by atoms with Gasteiger partial charge in [-0.05, 0) is 13.3 Å². The molecule has 5 nitrogen and oxygen atoms in total. The third kappa shape index (κ3) is 8.59. The average Bonchev–Trinajstić information content (AvgIpc) is 3.03. The highest BCUT2D eigenvalue weighted by molar-refractivity contribution is 5.34. The van der Waals surface area contributed by atoms with Crippen molar-refractivity contribution in [3.63, 3.8) is 0 Å². The van der Waals surface area contributed by atoms with Crippen molar-refractivity contribution in [1.82, 2.24) is 9.55 Å².